The molecule has 21 heavy (non-hydrogen) atoms. The predicted octanol–water partition coefficient (Wildman–Crippen LogP) is 1.04. The van der Waals surface area contributed by atoms with Crippen molar-refractivity contribution in [3.63, 3.8) is 0 Å². The molecular formula is C15H21N5O. The number of nitrogens with one attached hydrogen (secondary N) is 1. The Labute approximate surface area is 123 Å². The van der Waals surface area contributed by atoms with E-state index in [4.69, 9.17) is 5.73 Å². The summed E-state index contributed by atoms with van der Waals surface area (Å²) in [6.07, 6.45) is 2.58. The zero-order valence-corrected chi connectivity index (χ0v) is 12.3. The van der Waals surface area contributed by atoms with Gasteiger partial charge in [0.2, 0.25) is 5.95 Å². The average molecular weight is 287 g/mol. The van der Waals surface area contributed by atoms with E-state index in [2.05, 4.69) is 14.9 Å². The van der Waals surface area contributed by atoms with E-state index in [1.54, 1.807) is 18.2 Å². The van der Waals surface area contributed by atoms with Crippen LogP contribution in [0.25, 0.3) is 10.9 Å². The number of aromatic amines is 1. The first-order valence-electron chi connectivity index (χ1n) is 7.36. The van der Waals surface area contributed by atoms with Gasteiger partial charge in [0.1, 0.15) is 0 Å². The lowest BCUT2D eigenvalue weighted by Gasteiger charge is -2.22. The molecule has 0 amide bonds. The summed E-state index contributed by atoms with van der Waals surface area (Å²) in [5.74, 6) is 0.608. The maximum atomic E-state index is 12.1. The first kappa shape index (κ1) is 13.9. The molecule has 3 rings (SSSR count). The first-order valence-corrected chi connectivity index (χ1v) is 7.36. The van der Waals surface area contributed by atoms with E-state index in [0.29, 0.717) is 22.5 Å². The lowest BCUT2D eigenvalue weighted by molar-refractivity contribution is 0.346. The fraction of sp³-hybridized carbons (Fsp3) is 0.467. The molecule has 0 saturated carbocycles. The normalized spacial score (nSPS) is 15.7. The van der Waals surface area contributed by atoms with E-state index in [1.165, 1.54) is 25.9 Å². The van der Waals surface area contributed by atoms with Gasteiger partial charge in [-0.15, -0.1) is 0 Å². The third kappa shape index (κ3) is 3.00. The summed E-state index contributed by atoms with van der Waals surface area (Å²) in [5, 5.41) is 0.534. The highest BCUT2D eigenvalue weighted by Crippen LogP contribution is 2.14. The average Bonchev–Trinajstić information content (AvgIpc) is 2.98. The number of likely N-dealkylation sites (tertiary alicyclic amines) is 1. The third-order valence-electron chi connectivity index (χ3n) is 4.03. The second kappa shape index (κ2) is 5.73. The second-order valence-corrected chi connectivity index (χ2v) is 5.64. The van der Waals surface area contributed by atoms with Crippen LogP contribution in [0.1, 0.15) is 12.8 Å². The van der Waals surface area contributed by atoms with Gasteiger partial charge in [-0.05, 0) is 44.1 Å². The van der Waals surface area contributed by atoms with Gasteiger partial charge >= 0.3 is 0 Å². The van der Waals surface area contributed by atoms with Gasteiger partial charge in [0.25, 0.3) is 5.56 Å². The Morgan fingerprint density at radius 3 is 2.90 bits per heavy atom. The van der Waals surface area contributed by atoms with Gasteiger partial charge in [-0.25, -0.2) is 4.98 Å². The number of fused-ring (bicyclic) bond motifs is 1. The van der Waals surface area contributed by atoms with Gasteiger partial charge in [-0.3, -0.25) is 9.78 Å². The van der Waals surface area contributed by atoms with Crippen LogP contribution in [0.4, 0.5) is 11.6 Å². The molecule has 0 unspecified atom stereocenters. The van der Waals surface area contributed by atoms with Crippen molar-refractivity contribution in [3.8, 4) is 0 Å². The number of aromatic nitrogens is 2. The molecule has 3 N–H and O–H groups in total. The van der Waals surface area contributed by atoms with E-state index < -0.39 is 0 Å². The fourth-order valence-corrected chi connectivity index (χ4v) is 2.73. The van der Waals surface area contributed by atoms with Gasteiger partial charge in [-0.1, -0.05) is 0 Å². The number of hydrogen-bond donors (Lipinski definition) is 2. The largest absolute Gasteiger partial charge is 0.399 e. The number of likely N-dealkylation sites (N-methyl/N-ethyl adjacent to an activating group) is 1. The van der Waals surface area contributed by atoms with Crippen LogP contribution in [-0.2, 0) is 0 Å². The quantitative estimate of drug-likeness (QED) is 0.821. The van der Waals surface area contributed by atoms with E-state index in [1.807, 2.05) is 11.9 Å². The molecule has 112 valence electrons. The molecule has 0 aliphatic carbocycles. The van der Waals surface area contributed by atoms with E-state index >= 15 is 0 Å². The summed E-state index contributed by atoms with van der Waals surface area (Å²) in [7, 11) is 1.96. The second-order valence-electron chi connectivity index (χ2n) is 5.64. The number of H-pyrrole nitrogens is 1. The number of benzene rings is 1. The van der Waals surface area contributed by atoms with Crippen molar-refractivity contribution in [2.45, 2.75) is 12.8 Å². The molecule has 1 aliphatic rings. The van der Waals surface area contributed by atoms with Crippen LogP contribution in [0.2, 0.25) is 0 Å². The standard InChI is InChI=1S/C15H21N5O/c1-19(8-9-20-6-2-3-7-20)15-17-13-5-4-11(16)10-12(13)14(21)18-15/h4-5,10H,2-3,6-9,16H2,1H3,(H,17,18,21). The highest BCUT2D eigenvalue weighted by atomic mass is 16.1. The predicted molar refractivity (Wildman–Crippen MR) is 85.7 cm³/mol. The van der Waals surface area contributed by atoms with E-state index in [9.17, 15) is 4.79 Å². The first-order chi connectivity index (χ1) is 10.1. The Hall–Kier alpha value is -2.08. The van der Waals surface area contributed by atoms with E-state index in [-0.39, 0.29) is 5.56 Å². The van der Waals surface area contributed by atoms with Crippen LogP contribution in [0.5, 0.6) is 0 Å². The molecule has 1 aliphatic heterocycles. The van der Waals surface area contributed by atoms with Crippen molar-refractivity contribution in [1.29, 1.82) is 0 Å². The van der Waals surface area contributed by atoms with Crippen molar-refractivity contribution in [2.24, 2.45) is 0 Å². The molecule has 1 saturated heterocycles. The molecule has 6 nitrogen and oxygen atoms in total. The maximum Gasteiger partial charge on any atom is 0.260 e. The van der Waals surface area contributed by atoms with Gasteiger partial charge in [0.15, 0.2) is 0 Å². The molecule has 2 heterocycles. The molecule has 0 bridgehead atoms. The molecule has 0 spiro atoms. The Morgan fingerprint density at radius 1 is 1.38 bits per heavy atom. The van der Waals surface area contributed by atoms with Crippen LogP contribution in [0, 0.1) is 0 Å². The van der Waals surface area contributed by atoms with Crippen molar-refractivity contribution < 1.29 is 0 Å². The van der Waals surface area contributed by atoms with Crippen LogP contribution < -0.4 is 16.2 Å². The fourth-order valence-electron chi connectivity index (χ4n) is 2.73. The summed E-state index contributed by atoms with van der Waals surface area (Å²) in [5.41, 5.74) is 6.82. The maximum absolute atomic E-state index is 12.1. The topological polar surface area (TPSA) is 78.2 Å². The van der Waals surface area contributed by atoms with Crippen LogP contribution in [0.3, 0.4) is 0 Å². The SMILES string of the molecule is CN(CCN1CCCC1)c1nc2ccc(N)cc2c(=O)[nH]1. The summed E-state index contributed by atoms with van der Waals surface area (Å²) in [4.78, 5) is 23.9. The Bertz CT molecular complexity index is 690. The number of anilines is 2. The summed E-state index contributed by atoms with van der Waals surface area (Å²) < 4.78 is 0. The zero-order chi connectivity index (χ0) is 14.8. The number of hydrogen-bond acceptors (Lipinski definition) is 5. The van der Waals surface area contributed by atoms with Crippen molar-refractivity contribution in [3.05, 3.63) is 28.6 Å². The number of nitrogen functional groups attached to an aromatic ring is 1. The third-order valence-corrected chi connectivity index (χ3v) is 4.03. The molecule has 1 aromatic carbocycles. The van der Waals surface area contributed by atoms with Crippen molar-refractivity contribution in [1.82, 2.24) is 14.9 Å². The minimum atomic E-state index is -0.143. The minimum Gasteiger partial charge on any atom is -0.399 e. The summed E-state index contributed by atoms with van der Waals surface area (Å²) in [6.45, 7) is 4.20. The van der Waals surface area contributed by atoms with Gasteiger partial charge in [0.05, 0.1) is 10.9 Å². The van der Waals surface area contributed by atoms with Gasteiger partial charge in [0, 0.05) is 25.8 Å². The Balaban J connectivity index is 1.79. The molecular weight excluding hydrogens is 266 g/mol. The number of nitrogens with zero attached hydrogens (tertiary/aromatic N) is 3. The number of rotatable bonds is 4. The minimum absolute atomic E-state index is 0.143. The summed E-state index contributed by atoms with van der Waals surface area (Å²) in [6, 6.07) is 5.22. The lowest BCUT2D eigenvalue weighted by Crippen LogP contribution is -2.33. The van der Waals surface area contributed by atoms with Gasteiger partial charge in [-0.2, -0.15) is 0 Å². The highest BCUT2D eigenvalue weighted by Gasteiger charge is 2.13. The molecule has 0 atom stereocenters. The van der Waals surface area contributed by atoms with Crippen molar-refractivity contribution in [2.75, 3.05) is 43.9 Å². The Kier molecular flexibility index (Phi) is 3.79. The monoisotopic (exact) mass is 287 g/mol. The molecule has 2 aromatic rings. The van der Waals surface area contributed by atoms with Gasteiger partial charge < -0.3 is 15.5 Å². The van der Waals surface area contributed by atoms with Crippen molar-refractivity contribution >= 4 is 22.5 Å². The molecule has 1 fully saturated rings. The van der Waals surface area contributed by atoms with Crippen LogP contribution >= 0.6 is 0 Å². The van der Waals surface area contributed by atoms with Crippen LogP contribution in [0.15, 0.2) is 23.0 Å². The molecule has 1 aromatic heterocycles. The highest BCUT2D eigenvalue weighted by molar-refractivity contribution is 5.81. The summed E-state index contributed by atoms with van der Waals surface area (Å²) >= 11 is 0. The smallest absolute Gasteiger partial charge is 0.260 e. The molecule has 0 radical (unpaired) electrons. The number of nitrogens with two attached hydrogens (primary N) is 1. The van der Waals surface area contributed by atoms with E-state index in [0.717, 1.165) is 13.1 Å². The van der Waals surface area contributed by atoms with Crippen LogP contribution in [-0.4, -0.2) is 48.1 Å². The molecule has 6 heteroatoms. The Morgan fingerprint density at radius 2 is 2.14 bits per heavy atom. The lowest BCUT2D eigenvalue weighted by atomic mass is 10.2. The zero-order valence-electron chi connectivity index (χ0n) is 12.3.